The average molecular weight is 226 g/mol. The van der Waals surface area contributed by atoms with E-state index in [-0.39, 0.29) is 30.5 Å². The second kappa shape index (κ2) is 6.01. The first-order valence-electron chi connectivity index (χ1n) is 5.89. The summed E-state index contributed by atoms with van der Waals surface area (Å²) in [7, 11) is 0. The van der Waals surface area contributed by atoms with Crippen molar-refractivity contribution in [1.82, 2.24) is 5.32 Å². The molecule has 0 aliphatic heterocycles. The van der Waals surface area contributed by atoms with Crippen LogP contribution < -0.4 is 11.1 Å². The van der Waals surface area contributed by atoms with Crippen LogP contribution in [0.1, 0.15) is 26.7 Å². The fraction of sp³-hybridized carbons (Fsp3) is 0.750. The molecule has 0 saturated heterocycles. The molecule has 0 aromatic rings. The van der Waals surface area contributed by atoms with Gasteiger partial charge in [0.25, 0.3) is 0 Å². The Balaban J connectivity index is 2.45. The van der Waals surface area contributed by atoms with Crippen LogP contribution in [0.2, 0.25) is 0 Å². The summed E-state index contributed by atoms with van der Waals surface area (Å²) < 4.78 is 0. The lowest BCUT2D eigenvalue weighted by atomic mass is 9.99. The van der Waals surface area contributed by atoms with Gasteiger partial charge in [-0.15, -0.1) is 0 Å². The molecule has 4 N–H and O–H groups in total. The Morgan fingerprint density at radius 2 is 2.25 bits per heavy atom. The first kappa shape index (κ1) is 13.2. The standard InChI is InChI=1S/C12H22N2O2/c1-8(2)11(5-6-15)14-12(16)9-3-4-10(13)7-9/h3-4,8-11,15H,5-7,13H2,1-2H3,(H,14,16). The van der Waals surface area contributed by atoms with Crippen LogP contribution in [0, 0.1) is 11.8 Å². The molecule has 0 fully saturated rings. The fourth-order valence-corrected chi connectivity index (χ4v) is 1.92. The van der Waals surface area contributed by atoms with Crippen molar-refractivity contribution < 1.29 is 9.90 Å². The Hall–Kier alpha value is -0.870. The highest BCUT2D eigenvalue weighted by atomic mass is 16.3. The molecule has 0 saturated carbocycles. The van der Waals surface area contributed by atoms with E-state index >= 15 is 0 Å². The zero-order valence-corrected chi connectivity index (χ0v) is 10.0. The third-order valence-electron chi connectivity index (χ3n) is 3.03. The van der Waals surface area contributed by atoms with Crippen molar-refractivity contribution in [2.75, 3.05) is 6.61 Å². The Kier molecular flexibility index (Phi) is 4.96. The predicted octanol–water partition coefficient (Wildman–Crippen LogP) is 0.413. The van der Waals surface area contributed by atoms with Crippen molar-refractivity contribution in [3.63, 3.8) is 0 Å². The molecule has 92 valence electrons. The van der Waals surface area contributed by atoms with E-state index in [2.05, 4.69) is 5.32 Å². The van der Waals surface area contributed by atoms with Gasteiger partial charge in [0.2, 0.25) is 5.91 Å². The third-order valence-corrected chi connectivity index (χ3v) is 3.03. The van der Waals surface area contributed by atoms with Gasteiger partial charge in [0.05, 0.1) is 5.92 Å². The molecule has 1 aliphatic rings. The Morgan fingerprint density at radius 3 is 2.69 bits per heavy atom. The summed E-state index contributed by atoms with van der Waals surface area (Å²) >= 11 is 0. The maximum atomic E-state index is 11.9. The van der Waals surface area contributed by atoms with Crippen LogP contribution >= 0.6 is 0 Å². The number of rotatable bonds is 5. The van der Waals surface area contributed by atoms with E-state index in [1.165, 1.54) is 0 Å². The van der Waals surface area contributed by atoms with E-state index in [0.29, 0.717) is 18.8 Å². The van der Waals surface area contributed by atoms with Gasteiger partial charge < -0.3 is 16.2 Å². The molecule has 0 heterocycles. The van der Waals surface area contributed by atoms with Gasteiger partial charge in [-0.25, -0.2) is 0 Å². The average Bonchev–Trinajstić information content (AvgIpc) is 2.64. The summed E-state index contributed by atoms with van der Waals surface area (Å²) in [6, 6.07) is 0.0498. The number of nitrogens with one attached hydrogen (secondary N) is 1. The lowest BCUT2D eigenvalue weighted by Gasteiger charge is -2.23. The molecule has 0 spiro atoms. The van der Waals surface area contributed by atoms with Gasteiger partial charge in [0.1, 0.15) is 0 Å². The highest BCUT2D eigenvalue weighted by Gasteiger charge is 2.25. The van der Waals surface area contributed by atoms with Crippen molar-refractivity contribution >= 4 is 5.91 Å². The van der Waals surface area contributed by atoms with E-state index in [9.17, 15) is 4.79 Å². The summed E-state index contributed by atoms with van der Waals surface area (Å²) in [4.78, 5) is 11.9. The molecule has 1 aliphatic carbocycles. The van der Waals surface area contributed by atoms with Crippen LogP contribution in [0.15, 0.2) is 12.2 Å². The van der Waals surface area contributed by atoms with Crippen molar-refractivity contribution in [3.05, 3.63) is 12.2 Å². The number of hydrogen-bond donors (Lipinski definition) is 3. The normalized spacial score (nSPS) is 26.1. The third kappa shape index (κ3) is 3.61. The van der Waals surface area contributed by atoms with Gasteiger partial charge >= 0.3 is 0 Å². The fourth-order valence-electron chi connectivity index (χ4n) is 1.92. The van der Waals surface area contributed by atoms with Gasteiger partial charge in [-0.05, 0) is 18.8 Å². The number of aliphatic hydroxyl groups excluding tert-OH is 1. The zero-order valence-electron chi connectivity index (χ0n) is 10.0. The number of carbonyl (C=O) groups is 1. The van der Waals surface area contributed by atoms with Crippen LogP contribution in [0.25, 0.3) is 0 Å². The highest BCUT2D eigenvalue weighted by molar-refractivity contribution is 5.81. The second-order valence-electron chi connectivity index (χ2n) is 4.76. The van der Waals surface area contributed by atoms with E-state index in [1.807, 2.05) is 26.0 Å². The van der Waals surface area contributed by atoms with Crippen LogP contribution in [0.5, 0.6) is 0 Å². The molecule has 0 radical (unpaired) electrons. The lowest BCUT2D eigenvalue weighted by Crippen LogP contribution is -2.42. The zero-order chi connectivity index (χ0) is 12.1. The minimum absolute atomic E-state index is 0.00564. The molecule has 1 rings (SSSR count). The quantitative estimate of drug-likeness (QED) is 0.594. The van der Waals surface area contributed by atoms with E-state index in [1.54, 1.807) is 0 Å². The second-order valence-corrected chi connectivity index (χ2v) is 4.76. The number of carbonyl (C=O) groups excluding carboxylic acids is 1. The Labute approximate surface area is 96.9 Å². The molecule has 0 aromatic heterocycles. The smallest absolute Gasteiger partial charge is 0.227 e. The van der Waals surface area contributed by atoms with Gasteiger partial charge in [-0.1, -0.05) is 26.0 Å². The van der Waals surface area contributed by atoms with Crippen LogP contribution in [0.4, 0.5) is 0 Å². The topological polar surface area (TPSA) is 75.3 Å². The number of amides is 1. The number of hydrogen-bond acceptors (Lipinski definition) is 3. The Bertz CT molecular complexity index is 264. The predicted molar refractivity (Wildman–Crippen MR) is 63.7 cm³/mol. The minimum Gasteiger partial charge on any atom is -0.396 e. The maximum absolute atomic E-state index is 11.9. The van der Waals surface area contributed by atoms with Gasteiger partial charge in [0, 0.05) is 18.7 Å². The van der Waals surface area contributed by atoms with E-state index < -0.39 is 0 Å². The molecule has 3 unspecified atom stereocenters. The molecule has 4 heteroatoms. The van der Waals surface area contributed by atoms with Gasteiger partial charge in [-0.3, -0.25) is 4.79 Å². The summed E-state index contributed by atoms with van der Waals surface area (Å²) in [6.07, 6.45) is 5.04. The number of aliphatic hydroxyl groups is 1. The molecular formula is C12H22N2O2. The monoisotopic (exact) mass is 226 g/mol. The molecule has 3 atom stereocenters. The lowest BCUT2D eigenvalue weighted by molar-refractivity contribution is -0.124. The van der Waals surface area contributed by atoms with E-state index in [0.717, 1.165) is 0 Å². The Morgan fingerprint density at radius 1 is 1.56 bits per heavy atom. The summed E-state index contributed by atoms with van der Waals surface area (Å²) in [5.41, 5.74) is 5.71. The van der Waals surface area contributed by atoms with Crippen molar-refractivity contribution in [1.29, 1.82) is 0 Å². The molecule has 0 bridgehead atoms. The maximum Gasteiger partial charge on any atom is 0.227 e. The van der Waals surface area contributed by atoms with Crippen molar-refractivity contribution in [2.45, 2.75) is 38.8 Å². The molecule has 16 heavy (non-hydrogen) atoms. The SMILES string of the molecule is CC(C)C(CCO)NC(=O)C1C=CC(N)C1. The van der Waals surface area contributed by atoms with Crippen molar-refractivity contribution in [2.24, 2.45) is 17.6 Å². The molecule has 0 aromatic carbocycles. The molecular weight excluding hydrogens is 204 g/mol. The van der Waals surface area contributed by atoms with E-state index in [4.69, 9.17) is 10.8 Å². The molecule has 4 nitrogen and oxygen atoms in total. The first-order valence-corrected chi connectivity index (χ1v) is 5.89. The van der Waals surface area contributed by atoms with Crippen molar-refractivity contribution in [3.8, 4) is 0 Å². The van der Waals surface area contributed by atoms with Gasteiger partial charge in [0.15, 0.2) is 0 Å². The summed E-state index contributed by atoms with van der Waals surface area (Å²) in [6.45, 7) is 4.18. The van der Waals surface area contributed by atoms with Crippen LogP contribution in [-0.4, -0.2) is 29.7 Å². The molecule has 1 amide bonds. The van der Waals surface area contributed by atoms with Crippen LogP contribution in [-0.2, 0) is 4.79 Å². The van der Waals surface area contributed by atoms with Gasteiger partial charge in [-0.2, -0.15) is 0 Å². The van der Waals surface area contributed by atoms with Crippen LogP contribution in [0.3, 0.4) is 0 Å². The highest BCUT2D eigenvalue weighted by Crippen LogP contribution is 2.17. The largest absolute Gasteiger partial charge is 0.396 e. The first-order chi connectivity index (χ1) is 7.54. The minimum atomic E-state index is -0.102. The summed E-state index contributed by atoms with van der Waals surface area (Å²) in [5, 5.41) is 11.9. The summed E-state index contributed by atoms with van der Waals surface area (Å²) in [5.74, 6) is 0.251. The number of nitrogens with two attached hydrogens (primary N) is 1.